The standard InChI is InChI=1S/C26H21NO5/c1-30-26(29)19-9-7-17(8-10-19)13-23-24(28)20-11-12-22-21(25(20)32-23)15-27(16-31-22)14-18-5-3-2-4-6-18/h2-13H,14-16H2,1H3/b23-13-. The van der Waals surface area contributed by atoms with Crippen LogP contribution in [0.1, 0.15) is 37.4 Å². The van der Waals surface area contributed by atoms with Crippen molar-refractivity contribution in [2.75, 3.05) is 13.8 Å². The molecule has 2 heterocycles. The second-order valence-corrected chi connectivity index (χ2v) is 7.72. The summed E-state index contributed by atoms with van der Waals surface area (Å²) in [5.41, 5.74) is 3.81. The number of fused-ring (bicyclic) bond motifs is 3. The molecule has 0 amide bonds. The molecule has 0 atom stereocenters. The van der Waals surface area contributed by atoms with E-state index < -0.39 is 5.97 Å². The molecule has 0 radical (unpaired) electrons. The number of esters is 1. The average Bonchev–Trinajstić information content (AvgIpc) is 3.15. The van der Waals surface area contributed by atoms with Crippen molar-refractivity contribution in [1.29, 1.82) is 0 Å². The molecule has 0 fully saturated rings. The van der Waals surface area contributed by atoms with Crippen molar-refractivity contribution < 1.29 is 23.8 Å². The minimum atomic E-state index is -0.406. The molecule has 0 spiro atoms. The maximum absolute atomic E-state index is 13.0. The molecule has 0 saturated heterocycles. The van der Waals surface area contributed by atoms with Gasteiger partial charge in [-0.2, -0.15) is 0 Å². The van der Waals surface area contributed by atoms with E-state index in [1.54, 1.807) is 36.4 Å². The Morgan fingerprint density at radius 3 is 2.59 bits per heavy atom. The Labute approximate surface area is 185 Å². The topological polar surface area (TPSA) is 65.1 Å². The second kappa shape index (κ2) is 8.32. The maximum atomic E-state index is 13.0. The van der Waals surface area contributed by atoms with Gasteiger partial charge in [-0.05, 0) is 41.5 Å². The van der Waals surface area contributed by atoms with Crippen molar-refractivity contribution in [1.82, 2.24) is 4.90 Å². The van der Waals surface area contributed by atoms with Gasteiger partial charge in [0, 0.05) is 13.1 Å². The number of hydrogen-bond acceptors (Lipinski definition) is 6. The Morgan fingerprint density at radius 2 is 1.84 bits per heavy atom. The fraction of sp³-hybridized carbons (Fsp3) is 0.154. The summed E-state index contributed by atoms with van der Waals surface area (Å²) in [4.78, 5) is 26.7. The minimum Gasteiger partial charge on any atom is -0.478 e. The summed E-state index contributed by atoms with van der Waals surface area (Å²) in [5, 5.41) is 0. The highest BCUT2D eigenvalue weighted by atomic mass is 16.5. The molecule has 0 aliphatic carbocycles. The van der Waals surface area contributed by atoms with Crippen LogP contribution in [0, 0.1) is 0 Å². The van der Waals surface area contributed by atoms with Crippen LogP contribution < -0.4 is 9.47 Å². The Kier molecular flexibility index (Phi) is 5.21. The van der Waals surface area contributed by atoms with Crippen molar-refractivity contribution in [3.63, 3.8) is 0 Å². The number of methoxy groups -OCH3 is 1. The van der Waals surface area contributed by atoms with Crippen LogP contribution in [0.5, 0.6) is 11.5 Å². The first-order valence-corrected chi connectivity index (χ1v) is 10.3. The molecule has 2 aliphatic rings. The van der Waals surface area contributed by atoms with Crippen molar-refractivity contribution in [2.24, 2.45) is 0 Å². The molecule has 2 aliphatic heterocycles. The SMILES string of the molecule is COC(=O)c1ccc(/C=C2\Oc3c(ccc4c3CN(Cc3ccccc3)CO4)C2=O)cc1. The molecule has 0 N–H and O–H groups in total. The van der Waals surface area contributed by atoms with Crippen LogP contribution >= 0.6 is 0 Å². The van der Waals surface area contributed by atoms with Gasteiger partial charge in [-0.1, -0.05) is 42.5 Å². The van der Waals surface area contributed by atoms with E-state index in [9.17, 15) is 9.59 Å². The zero-order valence-corrected chi connectivity index (χ0v) is 17.5. The van der Waals surface area contributed by atoms with E-state index in [1.165, 1.54) is 12.7 Å². The van der Waals surface area contributed by atoms with Crippen LogP contribution in [0.3, 0.4) is 0 Å². The largest absolute Gasteiger partial charge is 0.478 e. The lowest BCUT2D eigenvalue weighted by atomic mass is 10.0. The van der Waals surface area contributed by atoms with Gasteiger partial charge in [0.2, 0.25) is 5.78 Å². The molecule has 0 aromatic heterocycles. The van der Waals surface area contributed by atoms with E-state index >= 15 is 0 Å². The lowest BCUT2D eigenvalue weighted by Gasteiger charge is -2.29. The maximum Gasteiger partial charge on any atom is 0.337 e. The van der Waals surface area contributed by atoms with E-state index in [1.807, 2.05) is 24.3 Å². The molecule has 32 heavy (non-hydrogen) atoms. The van der Waals surface area contributed by atoms with Crippen molar-refractivity contribution in [3.05, 3.63) is 100 Å². The molecule has 6 heteroatoms. The van der Waals surface area contributed by atoms with Crippen LogP contribution in [0.4, 0.5) is 0 Å². The van der Waals surface area contributed by atoms with Crippen LogP contribution in [0.2, 0.25) is 0 Å². The number of allylic oxidation sites excluding steroid dienone is 1. The molecule has 0 bridgehead atoms. The molecule has 0 unspecified atom stereocenters. The summed E-state index contributed by atoms with van der Waals surface area (Å²) in [6.45, 7) is 1.85. The fourth-order valence-electron chi connectivity index (χ4n) is 3.93. The number of nitrogens with zero attached hydrogens (tertiary/aromatic N) is 1. The predicted molar refractivity (Wildman–Crippen MR) is 118 cm³/mol. The summed E-state index contributed by atoms with van der Waals surface area (Å²) < 4.78 is 16.7. The second-order valence-electron chi connectivity index (χ2n) is 7.72. The Morgan fingerprint density at radius 1 is 1.06 bits per heavy atom. The molecular weight excluding hydrogens is 406 g/mol. The summed E-state index contributed by atoms with van der Waals surface area (Å²) >= 11 is 0. The van der Waals surface area contributed by atoms with Gasteiger partial charge >= 0.3 is 5.97 Å². The van der Waals surface area contributed by atoms with Gasteiger partial charge in [0.05, 0.1) is 23.8 Å². The Balaban J connectivity index is 1.39. The number of ketones is 1. The first-order chi connectivity index (χ1) is 15.6. The number of carbonyl (C=O) groups is 2. The van der Waals surface area contributed by atoms with Crippen molar-refractivity contribution in [3.8, 4) is 11.5 Å². The number of hydrogen-bond donors (Lipinski definition) is 0. The first-order valence-electron chi connectivity index (χ1n) is 10.3. The van der Waals surface area contributed by atoms with E-state index in [0.29, 0.717) is 30.2 Å². The van der Waals surface area contributed by atoms with Crippen LogP contribution in [-0.4, -0.2) is 30.5 Å². The zero-order chi connectivity index (χ0) is 22.1. The Bertz CT molecular complexity index is 1210. The van der Waals surface area contributed by atoms with Crippen molar-refractivity contribution in [2.45, 2.75) is 13.1 Å². The summed E-state index contributed by atoms with van der Waals surface area (Å²) in [6.07, 6.45) is 1.68. The molecule has 0 saturated carbocycles. The normalized spacial score (nSPS) is 16.2. The summed E-state index contributed by atoms with van der Waals surface area (Å²) in [6, 6.07) is 20.6. The summed E-state index contributed by atoms with van der Waals surface area (Å²) in [5.74, 6) is 0.975. The van der Waals surface area contributed by atoms with Crippen LogP contribution in [0.25, 0.3) is 6.08 Å². The smallest absolute Gasteiger partial charge is 0.337 e. The highest BCUT2D eigenvalue weighted by molar-refractivity contribution is 6.15. The third kappa shape index (κ3) is 3.76. The molecule has 3 aromatic rings. The average molecular weight is 427 g/mol. The highest BCUT2D eigenvalue weighted by Gasteiger charge is 2.33. The van der Waals surface area contributed by atoms with Gasteiger partial charge in [-0.15, -0.1) is 0 Å². The Hall–Kier alpha value is -3.90. The van der Waals surface area contributed by atoms with E-state index in [2.05, 4.69) is 17.0 Å². The number of rotatable bonds is 4. The molecule has 160 valence electrons. The number of Topliss-reactive ketones (excluding diaryl/α,β-unsaturated/α-hetero) is 1. The van der Waals surface area contributed by atoms with E-state index in [0.717, 1.165) is 23.4 Å². The van der Waals surface area contributed by atoms with Crippen LogP contribution in [0.15, 0.2) is 72.5 Å². The van der Waals surface area contributed by atoms with Gasteiger partial charge in [0.15, 0.2) is 5.76 Å². The van der Waals surface area contributed by atoms with Gasteiger partial charge in [0.25, 0.3) is 0 Å². The van der Waals surface area contributed by atoms with Gasteiger partial charge in [0.1, 0.15) is 18.2 Å². The van der Waals surface area contributed by atoms with Gasteiger partial charge in [-0.25, -0.2) is 4.79 Å². The number of carbonyl (C=O) groups excluding carboxylic acids is 2. The first kappa shape index (κ1) is 20.0. The van der Waals surface area contributed by atoms with E-state index in [4.69, 9.17) is 14.2 Å². The lowest BCUT2D eigenvalue weighted by Crippen LogP contribution is -2.31. The number of benzene rings is 3. The quantitative estimate of drug-likeness (QED) is 0.453. The van der Waals surface area contributed by atoms with Gasteiger partial charge in [-0.3, -0.25) is 9.69 Å². The number of ether oxygens (including phenoxy) is 3. The lowest BCUT2D eigenvalue weighted by molar-refractivity contribution is 0.0600. The third-order valence-electron chi connectivity index (χ3n) is 5.56. The monoisotopic (exact) mass is 427 g/mol. The van der Waals surface area contributed by atoms with Crippen LogP contribution in [-0.2, 0) is 17.8 Å². The highest BCUT2D eigenvalue weighted by Crippen LogP contribution is 2.42. The molecule has 6 nitrogen and oxygen atoms in total. The molecule has 3 aromatic carbocycles. The molecule has 5 rings (SSSR count). The van der Waals surface area contributed by atoms with Crippen molar-refractivity contribution >= 4 is 17.8 Å². The minimum absolute atomic E-state index is 0.167. The third-order valence-corrected chi connectivity index (χ3v) is 5.56. The summed E-state index contributed by atoms with van der Waals surface area (Å²) in [7, 11) is 1.34. The fourth-order valence-corrected chi connectivity index (χ4v) is 3.93. The van der Waals surface area contributed by atoms with E-state index in [-0.39, 0.29) is 11.5 Å². The van der Waals surface area contributed by atoms with Gasteiger partial charge < -0.3 is 14.2 Å². The predicted octanol–water partition coefficient (Wildman–Crippen LogP) is 4.44. The molecular formula is C26H21NO5. The zero-order valence-electron chi connectivity index (χ0n) is 17.5.